The SMILES string of the molecule is CC(C)c1ccc(/C=C/C(=O)Nc2ncc(Cc3ccc(Cl)cc3Cl)s2)cc1. The van der Waals surface area contributed by atoms with Crippen LogP contribution < -0.4 is 5.32 Å². The van der Waals surface area contributed by atoms with Crippen molar-refractivity contribution in [1.29, 1.82) is 0 Å². The number of thiazole rings is 1. The predicted octanol–water partition coefficient (Wildman–Crippen LogP) is 6.82. The van der Waals surface area contributed by atoms with Gasteiger partial charge in [-0.25, -0.2) is 4.98 Å². The van der Waals surface area contributed by atoms with Crippen molar-refractivity contribution in [1.82, 2.24) is 4.98 Å². The molecule has 0 unspecified atom stereocenters. The van der Waals surface area contributed by atoms with Crippen LogP contribution in [-0.4, -0.2) is 10.9 Å². The molecule has 1 amide bonds. The van der Waals surface area contributed by atoms with E-state index in [0.717, 1.165) is 16.0 Å². The summed E-state index contributed by atoms with van der Waals surface area (Å²) in [6.07, 6.45) is 5.70. The van der Waals surface area contributed by atoms with E-state index in [9.17, 15) is 4.79 Å². The van der Waals surface area contributed by atoms with Gasteiger partial charge in [-0.2, -0.15) is 0 Å². The summed E-state index contributed by atoms with van der Waals surface area (Å²) < 4.78 is 0. The summed E-state index contributed by atoms with van der Waals surface area (Å²) in [4.78, 5) is 17.4. The molecular weight excluding hydrogens is 411 g/mol. The number of carbonyl (C=O) groups is 1. The third-order valence-corrected chi connectivity index (χ3v) is 5.69. The largest absolute Gasteiger partial charge is 0.298 e. The molecule has 0 saturated heterocycles. The Hall–Kier alpha value is -2.14. The molecule has 0 aliphatic heterocycles. The maximum Gasteiger partial charge on any atom is 0.250 e. The lowest BCUT2D eigenvalue weighted by atomic mass is 10.0. The molecule has 144 valence electrons. The maximum absolute atomic E-state index is 12.2. The van der Waals surface area contributed by atoms with Gasteiger partial charge in [0, 0.05) is 33.6 Å². The summed E-state index contributed by atoms with van der Waals surface area (Å²) in [5.41, 5.74) is 3.23. The van der Waals surface area contributed by atoms with Crippen LogP contribution in [0.1, 0.15) is 41.3 Å². The smallest absolute Gasteiger partial charge is 0.250 e. The second-order valence-electron chi connectivity index (χ2n) is 6.69. The Kier molecular flexibility index (Phi) is 6.89. The lowest BCUT2D eigenvalue weighted by molar-refractivity contribution is -0.111. The van der Waals surface area contributed by atoms with Gasteiger partial charge in [-0.3, -0.25) is 10.1 Å². The van der Waals surface area contributed by atoms with Gasteiger partial charge in [0.25, 0.3) is 0 Å². The van der Waals surface area contributed by atoms with Gasteiger partial charge in [0.1, 0.15) is 0 Å². The van der Waals surface area contributed by atoms with Crippen molar-refractivity contribution >= 4 is 51.7 Å². The van der Waals surface area contributed by atoms with Crippen molar-refractivity contribution in [2.75, 3.05) is 5.32 Å². The van der Waals surface area contributed by atoms with Crippen LogP contribution in [0.5, 0.6) is 0 Å². The lowest BCUT2D eigenvalue weighted by Crippen LogP contribution is -2.07. The number of nitrogens with zero attached hydrogens (tertiary/aromatic N) is 1. The Balaban J connectivity index is 1.59. The van der Waals surface area contributed by atoms with Crippen molar-refractivity contribution in [3.05, 3.63) is 86.4 Å². The molecule has 1 N–H and O–H groups in total. The first kappa shape index (κ1) is 20.6. The van der Waals surface area contributed by atoms with Gasteiger partial charge >= 0.3 is 0 Å². The fourth-order valence-corrected chi connectivity index (χ4v) is 3.92. The summed E-state index contributed by atoms with van der Waals surface area (Å²) in [5, 5.41) is 4.59. The molecule has 2 aromatic carbocycles. The highest BCUT2D eigenvalue weighted by Crippen LogP contribution is 2.27. The van der Waals surface area contributed by atoms with E-state index in [1.165, 1.54) is 23.0 Å². The van der Waals surface area contributed by atoms with Gasteiger partial charge in [-0.05, 0) is 40.8 Å². The summed E-state index contributed by atoms with van der Waals surface area (Å²) >= 11 is 13.6. The lowest BCUT2D eigenvalue weighted by Gasteiger charge is -2.04. The van der Waals surface area contributed by atoms with Gasteiger partial charge < -0.3 is 0 Å². The van der Waals surface area contributed by atoms with Crippen LogP contribution in [0.15, 0.2) is 54.7 Å². The summed E-state index contributed by atoms with van der Waals surface area (Å²) in [7, 11) is 0. The highest BCUT2D eigenvalue weighted by Gasteiger charge is 2.08. The quantitative estimate of drug-likeness (QED) is 0.436. The molecule has 0 saturated carbocycles. The van der Waals surface area contributed by atoms with Crippen LogP contribution in [0.25, 0.3) is 6.08 Å². The average Bonchev–Trinajstić information content (AvgIpc) is 3.09. The number of rotatable bonds is 6. The van der Waals surface area contributed by atoms with Crippen molar-refractivity contribution in [3.8, 4) is 0 Å². The number of hydrogen-bond donors (Lipinski definition) is 1. The van der Waals surface area contributed by atoms with Gasteiger partial charge in [-0.1, -0.05) is 67.4 Å². The van der Waals surface area contributed by atoms with E-state index in [-0.39, 0.29) is 5.91 Å². The zero-order valence-corrected chi connectivity index (χ0v) is 17.9. The Morgan fingerprint density at radius 3 is 2.61 bits per heavy atom. The van der Waals surface area contributed by atoms with Crippen molar-refractivity contribution in [2.45, 2.75) is 26.2 Å². The minimum Gasteiger partial charge on any atom is -0.298 e. The molecule has 1 heterocycles. The number of nitrogens with one attached hydrogen (secondary N) is 1. The second-order valence-corrected chi connectivity index (χ2v) is 8.65. The third-order valence-electron chi connectivity index (χ3n) is 4.19. The normalized spacial score (nSPS) is 11.3. The van der Waals surface area contributed by atoms with E-state index in [4.69, 9.17) is 23.2 Å². The fraction of sp³-hybridized carbons (Fsp3) is 0.182. The molecular formula is C22H20Cl2N2OS. The number of amides is 1. The van der Waals surface area contributed by atoms with Crippen LogP contribution in [0.2, 0.25) is 10.0 Å². The standard InChI is InChI=1S/C22H20Cl2N2OS/c1-14(2)16-6-3-15(4-7-16)5-10-21(27)26-22-25-13-19(28-22)11-17-8-9-18(23)12-20(17)24/h3-10,12-14H,11H2,1-2H3,(H,25,26,27)/b10-5+. The van der Waals surface area contributed by atoms with E-state index < -0.39 is 0 Å². The molecule has 0 atom stereocenters. The van der Waals surface area contributed by atoms with Crippen LogP contribution >= 0.6 is 34.5 Å². The second kappa shape index (κ2) is 9.37. The predicted molar refractivity (Wildman–Crippen MR) is 120 cm³/mol. The first-order valence-electron chi connectivity index (χ1n) is 8.88. The molecule has 3 aromatic rings. The molecule has 0 spiro atoms. The van der Waals surface area contributed by atoms with E-state index >= 15 is 0 Å². The topological polar surface area (TPSA) is 42.0 Å². The number of carbonyl (C=O) groups excluding carboxylic acids is 1. The highest BCUT2D eigenvalue weighted by molar-refractivity contribution is 7.15. The molecule has 0 aliphatic carbocycles. The van der Waals surface area contributed by atoms with Crippen LogP contribution in [0, 0.1) is 0 Å². The van der Waals surface area contributed by atoms with Crippen molar-refractivity contribution in [2.24, 2.45) is 0 Å². The van der Waals surface area contributed by atoms with E-state index in [2.05, 4.69) is 36.3 Å². The zero-order valence-electron chi connectivity index (χ0n) is 15.6. The number of benzene rings is 2. The summed E-state index contributed by atoms with van der Waals surface area (Å²) in [5.74, 6) is 0.279. The number of halogens is 2. The molecule has 28 heavy (non-hydrogen) atoms. The van der Waals surface area contributed by atoms with E-state index in [1.807, 2.05) is 24.3 Å². The summed E-state index contributed by atoms with van der Waals surface area (Å²) in [6.45, 7) is 4.31. The van der Waals surface area contributed by atoms with E-state index in [0.29, 0.717) is 27.5 Å². The molecule has 0 fully saturated rings. The molecule has 6 heteroatoms. The molecule has 0 aliphatic rings. The Morgan fingerprint density at radius 1 is 1.18 bits per heavy atom. The average molecular weight is 431 g/mol. The first-order valence-corrected chi connectivity index (χ1v) is 10.5. The molecule has 0 radical (unpaired) electrons. The number of hydrogen-bond acceptors (Lipinski definition) is 3. The monoisotopic (exact) mass is 430 g/mol. The molecule has 3 rings (SSSR count). The van der Waals surface area contributed by atoms with Gasteiger partial charge in [0.05, 0.1) is 0 Å². The van der Waals surface area contributed by atoms with Gasteiger partial charge in [0.15, 0.2) is 5.13 Å². The number of aromatic nitrogens is 1. The van der Waals surface area contributed by atoms with Crippen LogP contribution in [0.4, 0.5) is 5.13 Å². The minimum atomic E-state index is -0.210. The summed E-state index contributed by atoms with van der Waals surface area (Å²) in [6, 6.07) is 13.6. The fourth-order valence-electron chi connectivity index (χ4n) is 2.61. The zero-order chi connectivity index (χ0) is 20.1. The Bertz CT molecular complexity index is 994. The Labute approximate surface area is 179 Å². The van der Waals surface area contributed by atoms with Crippen molar-refractivity contribution < 1.29 is 4.79 Å². The Morgan fingerprint density at radius 2 is 1.93 bits per heavy atom. The molecule has 3 nitrogen and oxygen atoms in total. The van der Waals surface area contributed by atoms with Crippen LogP contribution in [-0.2, 0) is 11.2 Å². The van der Waals surface area contributed by atoms with Crippen LogP contribution in [0.3, 0.4) is 0 Å². The molecule has 0 bridgehead atoms. The third kappa shape index (κ3) is 5.68. The first-order chi connectivity index (χ1) is 13.4. The maximum atomic E-state index is 12.2. The minimum absolute atomic E-state index is 0.210. The van der Waals surface area contributed by atoms with Crippen molar-refractivity contribution in [3.63, 3.8) is 0 Å². The number of anilines is 1. The highest BCUT2D eigenvalue weighted by atomic mass is 35.5. The van der Waals surface area contributed by atoms with Gasteiger partial charge in [-0.15, -0.1) is 11.3 Å². The molecule has 1 aromatic heterocycles. The van der Waals surface area contributed by atoms with E-state index in [1.54, 1.807) is 18.3 Å². The van der Waals surface area contributed by atoms with Gasteiger partial charge in [0.2, 0.25) is 5.91 Å².